The highest BCUT2D eigenvalue weighted by Crippen LogP contribution is 2.54. The number of hydrogen-bond acceptors (Lipinski definition) is 2. The number of hydrogen-bond donors (Lipinski definition) is 1. The third-order valence-corrected chi connectivity index (χ3v) is 4.82. The first-order valence-corrected chi connectivity index (χ1v) is 8.42. The van der Waals surface area contributed by atoms with Gasteiger partial charge in [-0.1, -0.05) is 48.5 Å². The molecule has 1 amide bonds. The molecule has 1 saturated carbocycles. The van der Waals surface area contributed by atoms with Gasteiger partial charge in [0.2, 0.25) is 5.91 Å². The Bertz CT molecular complexity index is 914. The summed E-state index contributed by atoms with van der Waals surface area (Å²) in [7, 11) is 0. The van der Waals surface area contributed by atoms with Crippen molar-refractivity contribution in [2.45, 2.75) is 18.3 Å². The SMILES string of the molecule is NC(=O)c1ccccc1C1(c2cccc(Oc3ccccc3)c2)CC1. The van der Waals surface area contributed by atoms with E-state index in [0.717, 1.165) is 35.5 Å². The second kappa shape index (κ2) is 6.10. The summed E-state index contributed by atoms with van der Waals surface area (Å²) in [5.41, 5.74) is 8.23. The van der Waals surface area contributed by atoms with E-state index in [2.05, 4.69) is 12.1 Å². The molecule has 1 aliphatic rings. The fraction of sp³-hybridized carbons (Fsp3) is 0.136. The van der Waals surface area contributed by atoms with Gasteiger partial charge in [-0.25, -0.2) is 0 Å². The van der Waals surface area contributed by atoms with Gasteiger partial charge in [0.05, 0.1) is 0 Å². The minimum absolute atomic E-state index is 0.137. The monoisotopic (exact) mass is 329 g/mol. The van der Waals surface area contributed by atoms with E-state index in [0.29, 0.717) is 5.56 Å². The van der Waals surface area contributed by atoms with Gasteiger partial charge in [-0.05, 0) is 54.3 Å². The van der Waals surface area contributed by atoms with Crippen LogP contribution in [0.4, 0.5) is 0 Å². The number of benzene rings is 3. The largest absolute Gasteiger partial charge is 0.457 e. The molecule has 0 radical (unpaired) electrons. The van der Waals surface area contributed by atoms with Gasteiger partial charge < -0.3 is 10.5 Å². The lowest BCUT2D eigenvalue weighted by Crippen LogP contribution is -2.19. The first kappa shape index (κ1) is 15.5. The Labute approximate surface area is 147 Å². The van der Waals surface area contributed by atoms with Crippen molar-refractivity contribution in [1.82, 2.24) is 0 Å². The normalized spacial score (nSPS) is 14.7. The number of rotatable bonds is 5. The van der Waals surface area contributed by atoms with E-state index in [9.17, 15) is 4.79 Å². The number of para-hydroxylation sites is 1. The highest BCUT2D eigenvalue weighted by molar-refractivity contribution is 5.95. The average Bonchev–Trinajstić information content (AvgIpc) is 3.45. The summed E-state index contributed by atoms with van der Waals surface area (Å²) in [5.74, 6) is 1.23. The summed E-state index contributed by atoms with van der Waals surface area (Å²) >= 11 is 0. The molecule has 0 unspecified atom stereocenters. The first-order valence-electron chi connectivity index (χ1n) is 8.42. The zero-order valence-electron chi connectivity index (χ0n) is 13.8. The average molecular weight is 329 g/mol. The van der Waals surface area contributed by atoms with Crippen molar-refractivity contribution in [2.24, 2.45) is 5.73 Å². The van der Waals surface area contributed by atoms with Crippen LogP contribution in [0.2, 0.25) is 0 Å². The molecule has 0 aliphatic heterocycles. The Morgan fingerprint density at radius 1 is 0.840 bits per heavy atom. The lowest BCUT2D eigenvalue weighted by Gasteiger charge is -2.20. The molecule has 0 saturated heterocycles. The third-order valence-electron chi connectivity index (χ3n) is 4.82. The van der Waals surface area contributed by atoms with Crippen LogP contribution in [0.25, 0.3) is 0 Å². The van der Waals surface area contributed by atoms with Crippen LogP contribution in [0.3, 0.4) is 0 Å². The second-order valence-corrected chi connectivity index (χ2v) is 6.43. The van der Waals surface area contributed by atoms with E-state index in [-0.39, 0.29) is 11.3 Å². The molecule has 2 N–H and O–H groups in total. The van der Waals surface area contributed by atoms with Crippen molar-refractivity contribution >= 4 is 5.91 Å². The lowest BCUT2D eigenvalue weighted by atomic mass is 9.85. The summed E-state index contributed by atoms with van der Waals surface area (Å²) in [5, 5.41) is 0. The van der Waals surface area contributed by atoms with Crippen LogP contribution in [0.1, 0.15) is 34.3 Å². The second-order valence-electron chi connectivity index (χ2n) is 6.43. The maximum atomic E-state index is 11.8. The van der Waals surface area contributed by atoms with Crippen LogP contribution in [0.15, 0.2) is 78.9 Å². The van der Waals surface area contributed by atoms with Gasteiger partial charge in [0, 0.05) is 11.0 Å². The zero-order valence-corrected chi connectivity index (χ0v) is 13.8. The van der Waals surface area contributed by atoms with Crippen molar-refractivity contribution in [3.8, 4) is 11.5 Å². The standard InChI is InChI=1S/C22H19NO2/c23-21(24)19-11-4-5-12-20(19)22(13-14-22)16-7-6-10-18(15-16)25-17-8-2-1-3-9-17/h1-12,15H,13-14H2,(H2,23,24). The van der Waals surface area contributed by atoms with Crippen molar-refractivity contribution in [2.75, 3.05) is 0 Å². The van der Waals surface area contributed by atoms with E-state index >= 15 is 0 Å². The Morgan fingerprint density at radius 3 is 2.24 bits per heavy atom. The third kappa shape index (κ3) is 2.89. The van der Waals surface area contributed by atoms with Crippen molar-refractivity contribution in [3.05, 3.63) is 95.6 Å². The molecule has 0 bridgehead atoms. The highest BCUT2D eigenvalue weighted by Gasteiger charge is 2.47. The molecule has 3 aromatic carbocycles. The van der Waals surface area contributed by atoms with Crippen molar-refractivity contribution < 1.29 is 9.53 Å². The van der Waals surface area contributed by atoms with Crippen molar-refractivity contribution in [1.29, 1.82) is 0 Å². The maximum absolute atomic E-state index is 11.8. The Balaban J connectivity index is 1.71. The van der Waals surface area contributed by atoms with Gasteiger partial charge in [-0.2, -0.15) is 0 Å². The van der Waals surface area contributed by atoms with Crippen LogP contribution in [-0.2, 0) is 5.41 Å². The van der Waals surface area contributed by atoms with E-state index in [4.69, 9.17) is 10.5 Å². The Morgan fingerprint density at radius 2 is 1.52 bits per heavy atom. The minimum Gasteiger partial charge on any atom is -0.457 e. The van der Waals surface area contributed by atoms with E-state index in [1.165, 1.54) is 0 Å². The molecule has 1 aliphatic carbocycles. The summed E-state index contributed by atoms with van der Waals surface area (Å²) < 4.78 is 5.96. The first-order chi connectivity index (χ1) is 12.2. The summed E-state index contributed by atoms with van der Waals surface area (Å²) in [6.07, 6.45) is 2.01. The number of carbonyl (C=O) groups is 1. The fourth-order valence-electron chi connectivity index (χ4n) is 3.44. The Kier molecular flexibility index (Phi) is 3.77. The van der Waals surface area contributed by atoms with Crippen LogP contribution in [0.5, 0.6) is 11.5 Å². The van der Waals surface area contributed by atoms with Gasteiger partial charge in [-0.15, -0.1) is 0 Å². The molecule has 0 heterocycles. The summed E-state index contributed by atoms with van der Waals surface area (Å²) in [6, 6.07) is 25.5. The van der Waals surface area contributed by atoms with E-state index in [1.54, 1.807) is 0 Å². The number of amides is 1. The molecule has 4 rings (SSSR count). The topological polar surface area (TPSA) is 52.3 Å². The molecule has 3 aromatic rings. The van der Waals surface area contributed by atoms with Crippen LogP contribution in [-0.4, -0.2) is 5.91 Å². The molecule has 1 fully saturated rings. The molecule has 0 aromatic heterocycles. The quantitative estimate of drug-likeness (QED) is 0.740. The van der Waals surface area contributed by atoms with Crippen LogP contribution in [0, 0.1) is 0 Å². The summed E-state index contributed by atoms with van der Waals surface area (Å²) in [4.78, 5) is 11.8. The van der Waals surface area contributed by atoms with Crippen LogP contribution >= 0.6 is 0 Å². The number of primary amides is 1. The smallest absolute Gasteiger partial charge is 0.249 e. The van der Waals surface area contributed by atoms with Gasteiger partial charge in [-0.3, -0.25) is 4.79 Å². The molecule has 3 heteroatoms. The molecule has 3 nitrogen and oxygen atoms in total. The van der Waals surface area contributed by atoms with Crippen molar-refractivity contribution in [3.63, 3.8) is 0 Å². The lowest BCUT2D eigenvalue weighted by molar-refractivity contribution is 0.0999. The molecule has 25 heavy (non-hydrogen) atoms. The predicted molar refractivity (Wildman–Crippen MR) is 97.9 cm³/mol. The van der Waals surface area contributed by atoms with Gasteiger partial charge in [0.1, 0.15) is 11.5 Å². The van der Waals surface area contributed by atoms with E-state index < -0.39 is 0 Å². The van der Waals surface area contributed by atoms with Crippen LogP contribution < -0.4 is 10.5 Å². The molecule has 0 spiro atoms. The summed E-state index contributed by atoms with van der Waals surface area (Å²) in [6.45, 7) is 0. The molecule has 0 atom stereocenters. The molecular formula is C22H19NO2. The van der Waals surface area contributed by atoms with E-state index in [1.807, 2.05) is 66.7 Å². The maximum Gasteiger partial charge on any atom is 0.249 e. The number of nitrogens with two attached hydrogens (primary N) is 1. The molecule has 124 valence electrons. The number of ether oxygens (including phenoxy) is 1. The minimum atomic E-state index is -0.376. The Hall–Kier alpha value is -3.07. The number of carbonyl (C=O) groups excluding carboxylic acids is 1. The van der Waals surface area contributed by atoms with Gasteiger partial charge in [0.15, 0.2) is 0 Å². The van der Waals surface area contributed by atoms with Gasteiger partial charge in [0.25, 0.3) is 0 Å². The fourth-order valence-corrected chi connectivity index (χ4v) is 3.44. The zero-order chi connectivity index (χ0) is 17.3. The highest BCUT2D eigenvalue weighted by atomic mass is 16.5. The van der Waals surface area contributed by atoms with Gasteiger partial charge >= 0.3 is 0 Å². The molecular weight excluding hydrogens is 310 g/mol. The predicted octanol–water partition coefficient (Wildman–Crippen LogP) is 4.66.